The number of benzene rings is 2. The molecule has 0 bridgehead atoms. The molecule has 4 heteroatoms. The molecule has 0 radical (unpaired) electrons. The standard InChI is InChI=1S/C16H12ClNO2/c17-12-6-7-15(11(9-12)10-19)20-16-5-1-4-14-13(16)3-2-8-18-14/h1-9,19H,10H2. The zero-order valence-electron chi connectivity index (χ0n) is 10.6. The van der Waals surface area contributed by atoms with Crippen molar-refractivity contribution in [2.24, 2.45) is 0 Å². The summed E-state index contributed by atoms with van der Waals surface area (Å²) in [4.78, 5) is 4.29. The highest BCUT2D eigenvalue weighted by atomic mass is 35.5. The first-order chi connectivity index (χ1) is 9.78. The van der Waals surface area contributed by atoms with Gasteiger partial charge in [-0.15, -0.1) is 0 Å². The monoisotopic (exact) mass is 285 g/mol. The van der Waals surface area contributed by atoms with E-state index in [0.717, 1.165) is 10.9 Å². The molecule has 0 aliphatic heterocycles. The van der Waals surface area contributed by atoms with Gasteiger partial charge in [-0.2, -0.15) is 0 Å². The van der Waals surface area contributed by atoms with E-state index in [1.807, 2.05) is 30.3 Å². The number of ether oxygens (including phenoxy) is 1. The van der Waals surface area contributed by atoms with Crippen LogP contribution in [0.1, 0.15) is 5.56 Å². The van der Waals surface area contributed by atoms with Crippen LogP contribution in [0.2, 0.25) is 5.02 Å². The fraction of sp³-hybridized carbons (Fsp3) is 0.0625. The molecule has 0 fully saturated rings. The van der Waals surface area contributed by atoms with Crippen molar-refractivity contribution in [1.82, 2.24) is 4.98 Å². The summed E-state index contributed by atoms with van der Waals surface area (Å²) in [6.07, 6.45) is 1.74. The van der Waals surface area contributed by atoms with Gasteiger partial charge in [0.05, 0.1) is 12.1 Å². The topological polar surface area (TPSA) is 42.4 Å². The van der Waals surface area contributed by atoms with E-state index >= 15 is 0 Å². The SMILES string of the molecule is OCc1cc(Cl)ccc1Oc1cccc2ncccc12. The summed E-state index contributed by atoms with van der Waals surface area (Å²) in [5.74, 6) is 1.29. The summed E-state index contributed by atoms with van der Waals surface area (Å²) < 4.78 is 5.91. The van der Waals surface area contributed by atoms with Crippen molar-refractivity contribution in [3.8, 4) is 11.5 Å². The van der Waals surface area contributed by atoms with Crippen molar-refractivity contribution in [2.75, 3.05) is 0 Å². The van der Waals surface area contributed by atoms with Crippen molar-refractivity contribution in [3.63, 3.8) is 0 Å². The smallest absolute Gasteiger partial charge is 0.136 e. The van der Waals surface area contributed by atoms with Crippen molar-refractivity contribution in [3.05, 3.63) is 65.3 Å². The zero-order valence-corrected chi connectivity index (χ0v) is 11.3. The van der Waals surface area contributed by atoms with Crippen LogP contribution in [-0.4, -0.2) is 10.1 Å². The highest BCUT2D eigenvalue weighted by Crippen LogP contribution is 2.32. The van der Waals surface area contributed by atoms with Crippen LogP contribution < -0.4 is 4.74 Å². The van der Waals surface area contributed by atoms with Gasteiger partial charge in [0.2, 0.25) is 0 Å². The van der Waals surface area contributed by atoms with Gasteiger partial charge in [0.1, 0.15) is 11.5 Å². The van der Waals surface area contributed by atoms with E-state index in [1.54, 1.807) is 24.4 Å². The lowest BCUT2D eigenvalue weighted by Crippen LogP contribution is -1.92. The number of aromatic nitrogens is 1. The fourth-order valence-corrected chi connectivity index (χ4v) is 2.25. The second-order valence-corrected chi connectivity index (χ2v) is 4.77. The Hall–Kier alpha value is -2.10. The quantitative estimate of drug-likeness (QED) is 0.785. The molecule has 20 heavy (non-hydrogen) atoms. The predicted molar refractivity (Wildman–Crippen MR) is 79.2 cm³/mol. The summed E-state index contributed by atoms with van der Waals surface area (Å²) in [7, 11) is 0. The van der Waals surface area contributed by atoms with Crippen molar-refractivity contribution in [2.45, 2.75) is 6.61 Å². The fourth-order valence-electron chi connectivity index (χ4n) is 2.05. The van der Waals surface area contributed by atoms with E-state index in [0.29, 0.717) is 22.1 Å². The molecular formula is C16H12ClNO2. The zero-order chi connectivity index (χ0) is 13.9. The van der Waals surface area contributed by atoms with Crippen LogP contribution in [0.4, 0.5) is 0 Å². The highest BCUT2D eigenvalue weighted by molar-refractivity contribution is 6.30. The average Bonchev–Trinajstić information content (AvgIpc) is 2.49. The van der Waals surface area contributed by atoms with Gasteiger partial charge in [-0.1, -0.05) is 17.7 Å². The number of nitrogens with zero attached hydrogens (tertiary/aromatic N) is 1. The average molecular weight is 286 g/mol. The van der Waals surface area contributed by atoms with Crippen molar-refractivity contribution < 1.29 is 9.84 Å². The summed E-state index contributed by atoms with van der Waals surface area (Å²) in [6, 6.07) is 14.7. The van der Waals surface area contributed by atoms with Gasteiger partial charge in [-0.05, 0) is 42.5 Å². The van der Waals surface area contributed by atoms with Gasteiger partial charge >= 0.3 is 0 Å². The second kappa shape index (κ2) is 5.49. The summed E-state index contributed by atoms with van der Waals surface area (Å²) >= 11 is 5.92. The van der Waals surface area contributed by atoms with Crippen LogP contribution in [0.15, 0.2) is 54.7 Å². The van der Waals surface area contributed by atoms with Gasteiger partial charge in [0.15, 0.2) is 0 Å². The number of pyridine rings is 1. The molecule has 0 saturated carbocycles. The third kappa shape index (κ3) is 2.46. The molecule has 3 nitrogen and oxygen atoms in total. The van der Waals surface area contributed by atoms with Crippen LogP contribution in [0.3, 0.4) is 0 Å². The second-order valence-electron chi connectivity index (χ2n) is 4.34. The molecule has 0 amide bonds. The lowest BCUT2D eigenvalue weighted by atomic mass is 10.2. The highest BCUT2D eigenvalue weighted by Gasteiger charge is 2.08. The molecule has 0 spiro atoms. The predicted octanol–water partition coefficient (Wildman–Crippen LogP) is 4.17. The van der Waals surface area contributed by atoms with E-state index in [1.165, 1.54) is 0 Å². The molecule has 2 aromatic carbocycles. The van der Waals surface area contributed by atoms with E-state index in [2.05, 4.69) is 4.98 Å². The maximum absolute atomic E-state index is 9.38. The first kappa shape index (κ1) is 12.9. The van der Waals surface area contributed by atoms with Gasteiger partial charge < -0.3 is 9.84 Å². The van der Waals surface area contributed by atoms with E-state index < -0.39 is 0 Å². The van der Waals surface area contributed by atoms with E-state index in [4.69, 9.17) is 16.3 Å². The minimum Gasteiger partial charge on any atom is -0.456 e. The third-order valence-electron chi connectivity index (χ3n) is 3.02. The van der Waals surface area contributed by atoms with Gasteiger partial charge in [-0.3, -0.25) is 4.98 Å². The Labute approximate surface area is 121 Å². The van der Waals surface area contributed by atoms with Crippen LogP contribution in [0, 0.1) is 0 Å². The number of aliphatic hydroxyl groups excluding tert-OH is 1. The number of rotatable bonds is 3. The number of hydrogen-bond donors (Lipinski definition) is 1. The summed E-state index contributed by atoms with van der Waals surface area (Å²) in [6.45, 7) is -0.126. The molecular weight excluding hydrogens is 274 g/mol. The first-order valence-corrected chi connectivity index (χ1v) is 6.56. The first-order valence-electron chi connectivity index (χ1n) is 6.19. The summed E-state index contributed by atoms with van der Waals surface area (Å²) in [5, 5.41) is 10.9. The number of hydrogen-bond acceptors (Lipinski definition) is 3. The Bertz CT molecular complexity index is 753. The molecule has 1 heterocycles. The van der Waals surface area contributed by atoms with Crippen molar-refractivity contribution in [1.29, 1.82) is 0 Å². The van der Waals surface area contributed by atoms with E-state index in [9.17, 15) is 5.11 Å². The lowest BCUT2D eigenvalue weighted by molar-refractivity contribution is 0.276. The minimum atomic E-state index is -0.126. The van der Waals surface area contributed by atoms with Gasteiger partial charge in [0, 0.05) is 22.2 Å². The minimum absolute atomic E-state index is 0.126. The number of halogens is 1. The normalized spacial score (nSPS) is 10.7. The Morgan fingerprint density at radius 3 is 2.80 bits per heavy atom. The molecule has 1 aromatic heterocycles. The molecule has 0 saturated heterocycles. The molecule has 3 aromatic rings. The van der Waals surface area contributed by atoms with E-state index in [-0.39, 0.29) is 6.61 Å². The Balaban J connectivity index is 2.05. The van der Waals surface area contributed by atoms with Gasteiger partial charge in [-0.25, -0.2) is 0 Å². The largest absolute Gasteiger partial charge is 0.456 e. The molecule has 1 N–H and O–H groups in total. The molecule has 0 aliphatic carbocycles. The Morgan fingerprint density at radius 2 is 1.95 bits per heavy atom. The lowest BCUT2D eigenvalue weighted by Gasteiger charge is -2.11. The molecule has 0 atom stereocenters. The maximum atomic E-state index is 9.38. The number of fused-ring (bicyclic) bond motifs is 1. The molecule has 0 unspecified atom stereocenters. The van der Waals surface area contributed by atoms with Crippen molar-refractivity contribution >= 4 is 22.5 Å². The number of aliphatic hydroxyl groups is 1. The van der Waals surface area contributed by atoms with Crippen LogP contribution in [-0.2, 0) is 6.61 Å². The van der Waals surface area contributed by atoms with Gasteiger partial charge in [0.25, 0.3) is 0 Å². The Kier molecular flexibility index (Phi) is 3.54. The molecule has 0 aliphatic rings. The molecule has 100 valence electrons. The van der Waals surface area contributed by atoms with Crippen LogP contribution in [0.25, 0.3) is 10.9 Å². The molecule has 3 rings (SSSR count). The summed E-state index contributed by atoms with van der Waals surface area (Å²) in [5.41, 5.74) is 1.52. The van der Waals surface area contributed by atoms with Crippen LogP contribution in [0.5, 0.6) is 11.5 Å². The maximum Gasteiger partial charge on any atom is 0.136 e. The third-order valence-corrected chi connectivity index (χ3v) is 3.25. The van der Waals surface area contributed by atoms with Crippen LogP contribution >= 0.6 is 11.6 Å². The Morgan fingerprint density at radius 1 is 1.05 bits per heavy atom.